The lowest BCUT2D eigenvalue weighted by atomic mass is 10.0. The van der Waals surface area contributed by atoms with Gasteiger partial charge in [-0.2, -0.15) is 0 Å². The molecule has 2 atom stereocenters. The Hall–Kier alpha value is -4.19. The Morgan fingerprint density at radius 2 is 1.52 bits per heavy atom. The Labute approximate surface area is 285 Å². The maximum Gasteiger partial charge on any atom is 0.329 e. The van der Waals surface area contributed by atoms with Crippen molar-refractivity contribution < 1.29 is 28.6 Å². The van der Waals surface area contributed by atoms with E-state index in [-0.39, 0.29) is 31.0 Å². The molecule has 262 valence electrons. The average molecular weight is 664 g/mol. The summed E-state index contributed by atoms with van der Waals surface area (Å²) in [6.07, 6.45) is -0.461. The first-order valence-corrected chi connectivity index (χ1v) is 16.7. The molecule has 3 aromatic rings. The lowest BCUT2D eigenvalue weighted by Crippen LogP contribution is -2.56. The molecular formula is C37H53N5O6. The topological polar surface area (TPSA) is 121 Å². The molecule has 48 heavy (non-hydrogen) atoms. The van der Waals surface area contributed by atoms with Crippen LogP contribution in [0.5, 0.6) is 5.75 Å². The number of carbonyl (C=O) groups excluding carboxylic acids is 3. The predicted molar refractivity (Wildman–Crippen MR) is 188 cm³/mol. The Morgan fingerprint density at radius 3 is 2.15 bits per heavy atom. The van der Waals surface area contributed by atoms with Crippen LogP contribution in [0.15, 0.2) is 66.7 Å². The fourth-order valence-corrected chi connectivity index (χ4v) is 5.39. The minimum atomic E-state index is -0.939. The van der Waals surface area contributed by atoms with Crippen LogP contribution < -0.4 is 20.8 Å². The summed E-state index contributed by atoms with van der Waals surface area (Å²) in [7, 11) is 1.59. The van der Waals surface area contributed by atoms with Crippen LogP contribution in [0.4, 0.5) is 4.79 Å². The lowest BCUT2D eigenvalue weighted by Gasteiger charge is -2.37. The van der Waals surface area contributed by atoms with Crippen molar-refractivity contribution in [2.24, 2.45) is 0 Å². The molecule has 0 aliphatic carbocycles. The van der Waals surface area contributed by atoms with Crippen molar-refractivity contribution in [3.8, 4) is 5.75 Å². The maximum atomic E-state index is 14.8. The highest BCUT2D eigenvalue weighted by molar-refractivity contribution is 5.90. The lowest BCUT2D eigenvalue weighted by molar-refractivity contribution is -0.179. The van der Waals surface area contributed by atoms with Crippen LogP contribution in [-0.2, 0) is 32.0 Å². The number of fused-ring (bicyclic) bond motifs is 1. The zero-order chi connectivity index (χ0) is 35.3. The molecule has 4 amide bonds. The van der Waals surface area contributed by atoms with Gasteiger partial charge in [0.2, 0.25) is 11.8 Å². The summed E-state index contributed by atoms with van der Waals surface area (Å²) in [5.41, 5.74) is 4.04. The zero-order valence-electron chi connectivity index (χ0n) is 29.7. The zero-order valence-corrected chi connectivity index (χ0v) is 29.7. The summed E-state index contributed by atoms with van der Waals surface area (Å²) >= 11 is 0. The number of amides is 4. The van der Waals surface area contributed by atoms with Gasteiger partial charge in [0.05, 0.1) is 12.6 Å². The molecule has 0 heterocycles. The number of nitrogens with zero attached hydrogens (tertiary/aromatic N) is 2. The smallest absolute Gasteiger partial charge is 0.329 e. The summed E-state index contributed by atoms with van der Waals surface area (Å²) in [4.78, 5) is 41.9. The fourth-order valence-electron chi connectivity index (χ4n) is 5.39. The van der Waals surface area contributed by atoms with E-state index in [1.165, 1.54) is 5.01 Å². The summed E-state index contributed by atoms with van der Waals surface area (Å²) in [5.74, 6) is -0.00879. The van der Waals surface area contributed by atoms with E-state index in [9.17, 15) is 14.4 Å². The van der Waals surface area contributed by atoms with Gasteiger partial charge in [-0.15, -0.1) is 0 Å². The summed E-state index contributed by atoms with van der Waals surface area (Å²) in [6, 6.07) is 19.7. The number of hydrogen-bond acceptors (Lipinski definition) is 7. The van der Waals surface area contributed by atoms with E-state index in [1.807, 2.05) is 108 Å². The normalized spacial score (nSPS) is 12.9. The molecule has 0 saturated heterocycles. The second-order valence-corrected chi connectivity index (χ2v) is 12.6. The van der Waals surface area contributed by atoms with Gasteiger partial charge in [0.1, 0.15) is 17.4 Å². The van der Waals surface area contributed by atoms with E-state index >= 15 is 0 Å². The first-order chi connectivity index (χ1) is 22.8. The third-order valence-corrected chi connectivity index (χ3v) is 7.48. The summed E-state index contributed by atoms with van der Waals surface area (Å²) in [6.45, 7) is 14.8. The Balaban J connectivity index is 1.99. The number of nitrogens with one attached hydrogen (secondary N) is 3. The van der Waals surface area contributed by atoms with Crippen molar-refractivity contribution in [2.75, 3.05) is 33.4 Å². The Morgan fingerprint density at radius 1 is 0.875 bits per heavy atom. The van der Waals surface area contributed by atoms with Gasteiger partial charge in [0, 0.05) is 39.8 Å². The van der Waals surface area contributed by atoms with Crippen molar-refractivity contribution in [3.05, 3.63) is 77.9 Å². The predicted octanol–water partition coefficient (Wildman–Crippen LogP) is 5.03. The Kier molecular flexibility index (Phi) is 14.6. The second kappa shape index (κ2) is 18.4. The van der Waals surface area contributed by atoms with Gasteiger partial charge in [0.15, 0.2) is 6.29 Å². The second-order valence-electron chi connectivity index (χ2n) is 12.6. The quantitative estimate of drug-likeness (QED) is 0.137. The minimum absolute atomic E-state index is 0.168. The van der Waals surface area contributed by atoms with Gasteiger partial charge in [-0.05, 0) is 82.5 Å². The first kappa shape index (κ1) is 38.3. The SMILES string of the molecule is CCNC(=O)NN(C)CC(=O)NC(Cc1ccc(OC(C)(C)C)cc1)C(=O)N(Cc1cccc2ccccc12)C(C)C(OCC)OCC. The highest BCUT2D eigenvalue weighted by atomic mass is 16.7. The molecule has 0 spiro atoms. The van der Waals surface area contributed by atoms with Crippen LogP contribution in [0.2, 0.25) is 0 Å². The number of hydrazine groups is 1. The largest absolute Gasteiger partial charge is 0.488 e. The van der Waals surface area contributed by atoms with Gasteiger partial charge in [-0.25, -0.2) is 9.80 Å². The maximum absolute atomic E-state index is 14.8. The van der Waals surface area contributed by atoms with Crippen LogP contribution in [-0.4, -0.2) is 85.1 Å². The van der Waals surface area contributed by atoms with Gasteiger partial charge >= 0.3 is 6.03 Å². The van der Waals surface area contributed by atoms with Crippen molar-refractivity contribution in [3.63, 3.8) is 0 Å². The van der Waals surface area contributed by atoms with E-state index in [0.29, 0.717) is 25.5 Å². The molecule has 0 aliphatic heterocycles. The Bertz CT molecular complexity index is 1460. The monoisotopic (exact) mass is 663 g/mol. The highest BCUT2D eigenvalue weighted by Crippen LogP contribution is 2.24. The van der Waals surface area contributed by atoms with Gasteiger partial charge < -0.3 is 29.7 Å². The third kappa shape index (κ3) is 11.8. The number of likely N-dealkylation sites (N-methyl/N-ethyl adjacent to an activating group) is 1. The summed E-state index contributed by atoms with van der Waals surface area (Å²) in [5, 5.41) is 9.06. The molecule has 0 fully saturated rings. The number of carbonyl (C=O) groups is 3. The molecule has 0 radical (unpaired) electrons. The fraction of sp³-hybridized carbons (Fsp3) is 0.486. The van der Waals surface area contributed by atoms with Crippen molar-refractivity contribution in [1.82, 2.24) is 26.0 Å². The molecule has 2 unspecified atom stereocenters. The van der Waals surface area contributed by atoms with E-state index in [4.69, 9.17) is 14.2 Å². The van der Waals surface area contributed by atoms with Crippen LogP contribution in [0, 0.1) is 0 Å². The molecule has 0 aliphatic rings. The summed E-state index contributed by atoms with van der Waals surface area (Å²) < 4.78 is 17.9. The van der Waals surface area contributed by atoms with Crippen molar-refractivity contribution in [1.29, 1.82) is 0 Å². The molecule has 3 rings (SSSR count). The van der Waals surface area contributed by atoms with E-state index in [0.717, 1.165) is 21.9 Å². The van der Waals surface area contributed by atoms with E-state index in [1.54, 1.807) is 18.9 Å². The number of rotatable bonds is 17. The van der Waals surface area contributed by atoms with Crippen molar-refractivity contribution in [2.45, 2.75) is 85.4 Å². The third-order valence-electron chi connectivity index (χ3n) is 7.48. The molecule has 3 N–H and O–H groups in total. The van der Waals surface area contributed by atoms with Crippen LogP contribution in [0.1, 0.15) is 59.6 Å². The van der Waals surface area contributed by atoms with Gasteiger partial charge in [-0.1, -0.05) is 54.6 Å². The standard InChI is InChI=1S/C37H53N5O6/c1-9-38-36(45)40-41(8)25-33(43)39-32(23-27-19-21-30(22-20-27)48-37(5,6)7)34(44)42(26(4)35(46-10-2)47-11-3)24-29-17-14-16-28-15-12-13-18-31(28)29/h12-22,26,32,35H,9-11,23-25H2,1-8H3,(H,39,43)(H2,38,40,45). The molecular weight excluding hydrogens is 610 g/mol. The van der Waals surface area contributed by atoms with Gasteiger partial charge in [0.25, 0.3) is 0 Å². The number of hydrogen-bond donors (Lipinski definition) is 3. The van der Waals surface area contributed by atoms with E-state index in [2.05, 4.69) is 16.1 Å². The molecule has 11 heteroatoms. The molecule has 0 bridgehead atoms. The minimum Gasteiger partial charge on any atom is -0.488 e. The highest BCUT2D eigenvalue weighted by Gasteiger charge is 2.34. The number of benzene rings is 3. The number of ether oxygens (including phenoxy) is 3. The first-order valence-electron chi connectivity index (χ1n) is 16.7. The van der Waals surface area contributed by atoms with Gasteiger partial charge in [-0.3, -0.25) is 15.0 Å². The van der Waals surface area contributed by atoms with Crippen LogP contribution >= 0.6 is 0 Å². The molecule has 3 aromatic carbocycles. The average Bonchev–Trinajstić information content (AvgIpc) is 3.02. The van der Waals surface area contributed by atoms with E-state index < -0.39 is 30.3 Å². The van der Waals surface area contributed by atoms with Crippen molar-refractivity contribution >= 4 is 28.6 Å². The van der Waals surface area contributed by atoms with Crippen LogP contribution in [0.25, 0.3) is 10.8 Å². The molecule has 0 saturated carbocycles. The number of urea groups is 1. The molecule has 0 aromatic heterocycles. The molecule has 11 nitrogen and oxygen atoms in total. The van der Waals surface area contributed by atoms with Crippen LogP contribution in [0.3, 0.4) is 0 Å².